The summed E-state index contributed by atoms with van der Waals surface area (Å²) in [6.45, 7) is 2.35. The molecule has 5 nitrogen and oxygen atoms in total. The highest BCUT2D eigenvalue weighted by molar-refractivity contribution is 5.85. The van der Waals surface area contributed by atoms with E-state index in [1.165, 1.54) is 12.8 Å². The smallest absolute Gasteiger partial charge is 0.230 e. The molecule has 1 amide bonds. The van der Waals surface area contributed by atoms with Crippen LogP contribution in [0.4, 0.5) is 0 Å². The van der Waals surface area contributed by atoms with Gasteiger partial charge in [-0.05, 0) is 37.4 Å². The van der Waals surface area contributed by atoms with Gasteiger partial charge in [0.1, 0.15) is 11.5 Å². The van der Waals surface area contributed by atoms with Crippen LogP contribution in [-0.2, 0) is 11.3 Å². The molecular formula is C19H29ClN2O3. The summed E-state index contributed by atoms with van der Waals surface area (Å²) in [5.41, 5.74) is 0.802. The van der Waals surface area contributed by atoms with Crippen LogP contribution in [0.2, 0.25) is 0 Å². The Morgan fingerprint density at radius 1 is 1.32 bits per heavy atom. The highest BCUT2D eigenvalue weighted by atomic mass is 35.5. The predicted octanol–water partition coefficient (Wildman–Crippen LogP) is 2.86. The molecule has 0 bridgehead atoms. The van der Waals surface area contributed by atoms with E-state index in [0.717, 1.165) is 43.0 Å². The second-order valence-corrected chi connectivity index (χ2v) is 7.07. The van der Waals surface area contributed by atoms with E-state index in [1.54, 1.807) is 14.2 Å². The van der Waals surface area contributed by atoms with Gasteiger partial charge >= 0.3 is 0 Å². The summed E-state index contributed by atoms with van der Waals surface area (Å²) in [6, 6.07) is 5.76. The van der Waals surface area contributed by atoms with Crippen molar-refractivity contribution in [2.45, 2.75) is 32.2 Å². The Morgan fingerprint density at radius 2 is 2.12 bits per heavy atom. The molecule has 25 heavy (non-hydrogen) atoms. The molecule has 0 unspecified atom stereocenters. The Balaban J connectivity index is 0.00000225. The topological polar surface area (TPSA) is 50.8 Å². The van der Waals surface area contributed by atoms with E-state index in [-0.39, 0.29) is 23.7 Å². The van der Waals surface area contributed by atoms with Gasteiger partial charge in [0, 0.05) is 31.8 Å². The molecule has 1 aromatic carbocycles. The summed E-state index contributed by atoms with van der Waals surface area (Å²) >= 11 is 0. The number of nitrogens with zero attached hydrogens (tertiary/aromatic N) is 1. The Kier molecular flexibility index (Phi) is 6.58. The first kappa shape index (κ1) is 19.9. The van der Waals surface area contributed by atoms with Gasteiger partial charge in [-0.3, -0.25) is 4.79 Å². The van der Waals surface area contributed by atoms with Crippen LogP contribution in [0.3, 0.4) is 0 Å². The molecule has 1 aromatic rings. The fraction of sp³-hybridized carbons (Fsp3) is 0.632. The highest BCUT2D eigenvalue weighted by Crippen LogP contribution is 2.45. The molecule has 2 aliphatic rings. The first-order valence-electron chi connectivity index (χ1n) is 8.78. The number of hydrogen-bond acceptors (Lipinski definition) is 4. The third kappa shape index (κ3) is 3.72. The Labute approximate surface area is 156 Å². The fourth-order valence-corrected chi connectivity index (χ4v) is 4.36. The molecule has 1 saturated heterocycles. The van der Waals surface area contributed by atoms with Crippen molar-refractivity contribution in [1.29, 1.82) is 0 Å². The number of nitrogens with one attached hydrogen (secondary N) is 1. The maximum atomic E-state index is 13.2. The lowest BCUT2D eigenvalue weighted by Crippen LogP contribution is -2.48. The zero-order valence-corrected chi connectivity index (χ0v) is 16.2. The summed E-state index contributed by atoms with van der Waals surface area (Å²) in [6.07, 6.45) is 4.58. The largest absolute Gasteiger partial charge is 0.497 e. The van der Waals surface area contributed by atoms with Crippen LogP contribution in [0, 0.1) is 11.3 Å². The van der Waals surface area contributed by atoms with Crippen molar-refractivity contribution < 1.29 is 14.3 Å². The molecule has 1 N–H and O–H groups in total. The van der Waals surface area contributed by atoms with Gasteiger partial charge in [0.05, 0.1) is 19.6 Å². The maximum Gasteiger partial charge on any atom is 0.230 e. The summed E-state index contributed by atoms with van der Waals surface area (Å²) in [7, 11) is 5.20. The molecule has 1 aliphatic carbocycles. The minimum Gasteiger partial charge on any atom is -0.497 e. The van der Waals surface area contributed by atoms with Crippen LogP contribution < -0.4 is 14.8 Å². The van der Waals surface area contributed by atoms with Crippen molar-refractivity contribution in [1.82, 2.24) is 10.2 Å². The van der Waals surface area contributed by atoms with E-state index in [1.807, 2.05) is 30.1 Å². The van der Waals surface area contributed by atoms with E-state index in [2.05, 4.69) is 5.32 Å². The minimum absolute atomic E-state index is 0. The van der Waals surface area contributed by atoms with Crippen LogP contribution in [0.15, 0.2) is 18.2 Å². The molecular weight excluding hydrogens is 340 g/mol. The number of fused-ring (bicyclic) bond motifs is 1. The Hall–Kier alpha value is -1.46. The van der Waals surface area contributed by atoms with E-state index in [0.29, 0.717) is 12.5 Å². The van der Waals surface area contributed by atoms with Gasteiger partial charge < -0.3 is 19.7 Å². The molecule has 0 spiro atoms. The molecule has 0 aromatic heterocycles. The second-order valence-electron chi connectivity index (χ2n) is 7.07. The number of benzene rings is 1. The normalized spacial score (nSPS) is 24.8. The van der Waals surface area contributed by atoms with Crippen molar-refractivity contribution in [3.8, 4) is 11.5 Å². The number of amides is 1. The molecule has 1 heterocycles. The van der Waals surface area contributed by atoms with Gasteiger partial charge in [-0.2, -0.15) is 0 Å². The molecule has 3 rings (SSSR count). The lowest BCUT2D eigenvalue weighted by atomic mass is 9.67. The van der Waals surface area contributed by atoms with Crippen molar-refractivity contribution in [2.24, 2.45) is 11.3 Å². The monoisotopic (exact) mass is 368 g/mol. The van der Waals surface area contributed by atoms with Crippen LogP contribution in [0.1, 0.15) is 31.2 Å². The van der Waals surface area contributed by atoms with Gasteiger partial charge in [0.2, 0.25) is 5.91 Å². The number of methoxy groups -OCH3 is 2. The first-order chi connectivity index (χ1) is 11.6. The second kappa shape index (κ2) is 8.28. The number of carbonyl (C=O) groups is 1. The van der Waals surface area contributed by atoms with Crippen molar-refractivity contribution in [2.75, 3.05) is 34.4 Å². The summed E-state index contributed by atoms with van der Waals surface area (Å²) in [5, 5.41) is 3.45. The van der Waals surface area contributed by atoms with Crippen LogP contribution in [-0.4, -0.2) is 45.2 Å². The Morgan fingerprint density at radius 3 is 2.84 bits per heavy atom. The average Bonchev–Trinajstić information content (AvgIpc) is 3.06. The van der Waals surface area contributed by atoms with Crippen LogP contribution in [0.5, 0.6) is 11.5 Å². The van der Waals surface area contributed by atoms with Gasteiger partial charge in [-0.25, -0.2) is 0 Å². The number of carbonyl (C=O) groups excluding carboxylic acids is 1. The quantitative estimate of drug-likeness (QED) is 0.868. The standard InChI is InChI=1S/C19H28N2O3.ClH/c1-21(12-14-7-8-16(23-2)10-17(14)24-3)18(22)19-9-5-4-6-15(19)11-20-13-19;/h7-8,10,15,20H,4-6,9,11-13H2,1-3H3;1H/t15-,19+;/m0./s1. The lowest BCUT2D eigenvalue weighted by molar-refractivity contribution is -0.144. The molecule has 0 radical (unpaired) electrons. The summed E-state index contributed by atoms with van der Waals surface area (Å²) in [4.78, 5) is 15.1. The molecule has 140 valence electrons. The van der Waals surface area contributed by atoms with Crippen LogP contribution >= 0.6 is 12.4 Å². The highest BCUT2D eigenvalue weighted by Gasteiger charge is 2.50. The van der Waals surface area contributed by atoms with E-state index in [9.17, 15) is 4.79 Å². The maximum absolute atomic E-state index is 13.2. The fourth-order valence-electron chi connectivity index (χ4n) is 4.36. The van der Waals surface area contributed by atoms with E-state index in [4.69, 9.17) is 9.47 Å². The number of halogens is 1. The number of ether oxygens (including phenoxy) is 2. The van der Waals surface area contributed by atoms with Gasteiger partial charge in [0.25, 0.3) is 0 Å². The van der Waals surface area contributed by atoms with Crippen LogP contribution in [0.25, 0.3) is 0 Å². The van der Waals surface area contributed by atoms with E-state index >= 15 is 0 Å². The van der Waals surface area contributed by atoms with Crippen molar-refractivity contribution >= 4 is 18.3 Å². The first-order valence-corrected chi connectivity index (χ1v) is 8.78. The number of hydrogen-bond donors (Lipinski definition) is 1. The molecule has 1 aliphatic heterocycles. The summed E-state index contributed by atoms with van der Waals surface area (Å²) in [5.74, 6) is 2.28. The number of rotatable bonds is 5. The van der Waals surface area contributed by atoms with Crippen molar-refractivity contribution in [3.05, 3.63) is 23.8 Å². The third-order valence-electron chi connectivity index (χ3n) is 5.71. The molecule has 1 saturated carbocycles. The van der Waals surface area contributed by atoms with Gasteiger partial charge in [-0.1, -0.05) is 12.8 Å². The SMILES string of the molecule is COc1ccc(CN(C)C(=O)[C@@]23CCCC[C@H]2CNC3)c(OC)c1.Cl. The van der Waals surface area contributed by atoms with Gasteiger partial charge in [0.15, 0.2) is 0 Å². The van der Waals surface area contributed by atoms with Crippen molar-refractivity contribution in [3.63, 3.8) is 0 Å². The zero-order chi connectivity index (χ0) is 17.2. The molecule has 2 atom stereocenters. The minimum atomic E-state index is -0.202. The summed E-state index contributed by atoms with van der Waals surface area (Å²) < 4.78 is 10.7. The van der Waals surface area contributed by atoms with Gasteiger partial charge in [-0.15, -0.1) is 12.4 Å². The average molecular weight is 369 g/mol. The molecule has 2 fully saturated rings. The Bertz CT molecular complexity index is 610. The van der Waals surface area contributed by atoms with E-state index < -0.39 is 0 Å². The predicted molar refractivity (Wildman–Crippen MR) is 101 cm³/mol. The molecule has 6 heteroatoms. The lowest BCUT2D eigenvalue weighted by Gasteiger charge is -2.40. The third-order valence-corrected chi connectivity index (χ3v) is 5.71. The zero-order valence-electron chi connectivity index (χ0n) is 15.3.